The quantitative estimate of drug-likeness (QED) is 0.519. The number of hydrogen-bond acceptors (Lipinski definition) is 3. The molecule has 0 aliphatic rings. The first kappa shape index (κ1) is 13.0. The van der Waals surface area contributed by atoms with E-state index in [4.69, 9.17) is 10.5 Å². The minimum absolute atomic E-state index is 0.601. The van der Waals surface area contributed by atoms with E-state index in [0.717, 1.165) is 32.9 Å². The summed E-state index contributed by atoms with van der Waals surface area (Å²) < 4.78 is 5.22. The number of anilines is 1. The van der Waals surface area contributed by atoms with Crippen LogP contribution in [0.25, 0.3) is 32.6 Å². The number of aromatic nitrogens is 2. The molecule has 0 aliphatic heterocycles. The van der Waals surface area contributed by atoms with E-state index >= 15 is 0 Å². The number of H-pyrrole nitrogens is 1. The van der Waals surface area contributed by atoms with Crippen LogP contribution in [0.3, 0.4) is 0 Å². The largest absolute Gasteiger partial charge is 0.481 e. The number of rotatable bonds is 1. The number of hydrogen-bond donors (Lipinski definition) is 2. The first-order valence-electron chi connectivity index (χ1n) is 7.24. The van der Waals surface area contributed by atoms with Gasteiger partial charge in [-0.2, -0.15) is 0 Å². The molecular formula is C18H17N3O. The predicted octanol–water partition coefficient (Wildman–Crippen LogP) is 4.08. The molecule has 0 radical (unpaired) electrons. The number of benzene rings is 2. The SMILES string of the molecule is COc1cc2[nH]c3cc(C)c4c(C)ccc(N)c4c3c2cn1. The molecule has 2 aromatic heterocycles. The maximum Gasteiger partial charge on any atom is 0.215 e. The van der Waals surface area contributed by atoms with Gasteiger partial charge in [0.05, 0.1) is 12.6 Å². The minimum Gasteiger partial charge on any atom is -0.481 e. The number of nitrogens with two attached hydrogens (primary N) is 1. The second-order valence-corrected chi connectivity index (χ2v) is 5.73. The Bertz CT molecular complexity index is 1050. The number of methoxy groups -OCH3 is 1. The molecule has 0 unspecified atom stereocenters. The summed E-state index contributed by atoms with van der Waals surface area (Å²) in [7, 11) is 1.62. The topological polar surface area (TPSA) is 63.9 Å². The van der Waals surface area contributed by atoms with E-state index in [1.54, 1.807) is 7.11 Å². The molecule has 0 amide bonds. The van der Waals surface area contributed by atoms with Gasteiger partial charge in [-0.05, 0) is 42.5 Å². The van der Waals surface area contributed by atoms with E-state index in [1.165, 1.54) is 16.5 Å². The molecule has 4 heteroatoms. The van der Waals surface area contributed by atoms with Crippen LogP contribution in [0, 0.1) is 13.8 Å². The van der Waals surface area contributed by atoms with Crippen molar-refractivity contribution in [3.63, 3.8) is 0 Å². The standard InChI is InChI=1S/C18H17N3O/c1-9-4-5-12(19)18-16(9)10(2)6-14-17(18)11-8-20-15(22-3)7-13(11)21-14/h4-8,21H,19H2,1-3H3. The van der Waals surface area contributed by atoms with Crippen LogP contribution in [0.15, 0.2) is 30.5 Å². The normalized spacial score (nSPS) is 11.6. The van der Waals surface area contributed by atoms with Gasteiger partial charge in [0.2, 0.25) is 5.88 Å². The summed E-state index contributed by atoms with van der Waals surface area (Å²) in [5.41, 5.74) is 11.6. The zero-order chi connectivity index (χ0) is 15.4. The smallest absolute Gasteiger partial charge is 0.215 e. The van der Waals surface area contributed by atoms with Crippen molar-refractivity contribution in [3.05, 3.63) is 41.6 Å². The summed E-state index contributed by atoms with van der Waals surface area (Å²) >= 11 is 0. The third-order valence-electron chi connectivity index (χ3n) is 4.35. The Morgan fingerprint density at radius 2 is 1.82 bits per heavy atom. The fourth-order valence-corrected chi connectivity index (χ4v) is 3.37. The Morgan fingerprint density at radius 3 is 2.59 bits per heavy atom. The van der Waals surface area contributed by atoms with Gasteiger partial charge in [-0.3, -0.25) is 0 Å². The van der Waals surface area contributed by atoms with Crippen molar-refractivity contribution in [1.82, 2.24) is 9.97 Å². The van der Waals surface area contributed by atoms with Crippen LogP contribution in [0.5, 0.6) is 5.88 Å². The molecule has 2 aromatic carbocycles. The van der Waals surface area contributed by atoms with E-state index in [0.29, 0.717) is 5.88 Å². The third kappa shape index (κ3) is 1.61. The molecule has 0 aliphatic carbocycles. The van der Waals surface area contributed by atoms with Crippen LogP contribution in [0.1, 0.15) is 11.1 Å². The van der Waals surface area contributed by atoms with Gasteiger partial charge in [-0.15, -0.1) is 0 Å². The lowest BCUT2D eigenvalue weighted by Gasteiger charge is -2.10. The lowest BCUT2D eigenvalue weighted by atomic mass is 9.95. The van der Waals surface area contributed by atoms with Gasteiger partial charge in [-0.25, -0.2) is 4.98 Å². The molecule has 0 saturated carbocycles. The number of nitrogen functional groups attached to an aromatic ring is 1. The Hall–Kier alpha value is -2.75. The van der Waals surface area contributed by atoms with Crippen LogP contribution in [0.2, 0.25) is 0 Å². The van der Waals surface area contributed by atoms with Crippen molar-refractivity contribution in [2.24, 2.45) is 0 Å². The predicted molar refractivity (Wildman–Crippen MR) is 91.5 cm³/mol. The highest BCUT2D eigenvalue weighted by molar-refractivity contribution is 6.24. The molecule has 0 spiro atoms. The summed E-state index contributed by atoms with van der Waals surface area (Å²) in [6.07, 6.45) is 1.85. The average Bonchev–Trinajstić information content (AvgIpc) is 2.86. The molecular weight excluding hydrogens is 274 g/mol. The number of pyridine rings is 1. The van der Waals surface area contributed by atoms with Crippen LogP contribution in [-0.2, 0) is 0 Å². The number of nitrogens with one attached hydrogen (secondary N) is 1. The molecule has 110 valence electrons. The first-order valence-corrected chi connectivity index (χ1v) is 7.24. The second-order valence-electron chi connectivity index (χ2n) is 5.73. The van der Waals surface area contributed by atoms with Crippen LogP contribution >= 0.6 is 0 Å². The minimum atomic E-state index is 0.601. The van der Waals surface area contributed by atoms with Crippen molar-refractivity contribution < 1.29 is 4.74 Å². The highest BCUT2D eigenvalue weighted by Gasteiger charge is 2.14. The van der Waals surface area contributed by atoms with Gasteiger partial charge in [-0.1, -0.05) is 6.07 Å². The number of aromatic amines is 1. The summed E-state index contributed by atoms with van der Waals surface area (Å²) in [4.78, 5) is 7.80. The second kappa shape index (κ2) is 4.37. The molecule has 0 atom stereocenters. The van der Waals surface area contributed by atoms with Crippen molar-refractivity contribution >= 4 is 38.3 Å². The monoisotopic (exact) mass is 291 g/mol. The van der Waals surface area contributed by atoms with Gasteiger partial charge < -0.3 is 15.5 Å². The lowest BCUT2D eigenvalue weighted by molar-refractivity contribution is 0.398. The zero-order valence-electron chi connectivity index (χ0n) is 12.8. The van der Waals surface area contributed by atoms with Gasteiger partial charge in [0.1, 0.15) is 0 Å². The van der Waals surface area contributed by atoms with Gasteiger partial charge in [0.25, 0.3) is 0 Å². The molecule has 22 heavy (non-hydrogen) atoms. The maximum absolute atomic E-state index is 6.31. The maximum atomic E-state index is 6.31. The Balaban J connectivity index is 2.30. The summed E-state index contributed by atoms with van der Waals surface area (Å²) in [6.45, 7) is 4.25. The molecule has 2 heterocycles. The molecule has 4 aromatic rings. The summed E-state index contributed by atoms with van der Waals surface area (Å²) in [5.74, 6) is 0.601. The molecule has 4 rings (SSSR count). The Kier molecular flexibility index (Phi) is 2.57. The fraction of sp³-hybridized carbons (Fsp3) is 0.167. The number of aryl methyl sites for hydroxylation is 2. The van der Waals surface area contributed by atoms with Crippen molar-refractivity contribution in [2.75, 3.05) is 12.8 Å². The van der Waals surface area contributed by atoms with Gasteiger partial charge in [0.15, 0.2) is 0 Å². The number of ether oxygens (including phenoxy) is 1. The van der Waals surface area contributed by atoms with Crippen molar-refractivity contribution in [1.29, 1.82) is 0 Å². The van der Waals surface area contributed by atoms with Crippen molar-refractivity contribution in [2.45, 2.75) is 13.8 Å². The average molecular weight is 291 g/mol. The van der Waals surface area contributed by atoms with E-state index in [1.807, 2.05) is 18.3 Å². The molecule has 0 saturated heterocycles. The van der Waals surface area contributed by atoms with Gasteiger partial charge in [0, 0.05) is 39.6 Å². The highest BCUT2D eigenvalue weighted by Crippen LogP contribution is 2.38. The zero-order valence-corrected chi connectivity index (χ0v) is 12.8. The van der Waals surface area contributed by atoms with Crippen LogP contribution < -0.4 is 10.5 Å². The molecule has 0 bridgehead atoms. The van der Waals surface area contributed by atoms with E-state index in [-0.39, 0.29) is 0 Å². The highest BCUT2D eigenvalue weighted by atomic mass is 16.5. The number of nitrogens with zero attached hydrogens (tertiary/aromatic N) is 1. The van der Waals surface area contributed by atoms with E-state index in [9.17, 15) is 0 Å². The molecule has 3 N–H and O–H groups in total. The number of fused-ring (bicyclic) bond motifs is 5. The Morgan fingerprint density at radius 1 is 1.00 bits per heavy atom. The van der Waals surface area contributed by atoms with E-state index < -0.39 is 0 Å². The van der Waals surface area contributed by atoms with Crippen LogP contribution in [0.4, 0.5) is 5.69 Å². The lowest BCUT2D eigenvalue weighted by Crippen LogP contribution is -1.92. The summed E-state index contributed by atoms with van der Waals surface area (Å²) in [6, 6.07) is 8.15. The Labute approximate surface area is 127 Å². The van der Waals surface area contributed by atoms with Crippen molar-refractivity contribution in [3.8, 4) is 5.88 Å². The fourth-order valence-electron chi connectivity index (χ4n) is 3.37. The third-order valence-corrected chi connectivity index (χ3v) is 4.35. The van der Waals surface area contributed by atoms with Crippen LogP contribution in [-0.4, -0.2) is 17.1 Å². The molecule has 4 nitrogen and oxygen atoms in total. The van der Waals surface area contributed by atoms with E-state index in [2.05, 4.69) is 35.9 Å². The first-order chi connectivity index (χ1) is 10.6. The molecule has 0 fully saturated rings. The summed E-state index contributed by atoms with van der Waals surface area (Å²) in [5, 5.41) is 4.53. The van der Waals surface area contributed by atoms with Gasteiger partial charge >= 0.3 is 0 Å².